The first kappa shape index (κ1) is 20.0. The lowest BCUT2D eigenvalue weighted by atomic mass is 10.0. The first-order chi connectivity index (χ1) is 14.6. The molecule has 1 amide bonds. The van der Waals surface area contributed by atoms with Crippen LogP contribution in [0.5, 0.6) is 5.75 Å². The highest BCUT2D eigenvalue weighted by Crippen LogP contribution is 2.31. The summed E-state index contributed by atoms with van der Waals surface area (Å²) < 4.78 is 24.1. The lowest BCUT2D eigenvalue weighted by Gasteiger charge is -2.32. The number of carbonyl (C=O) groups is 1. The molecule has 0 aliphatic carbocycles. The Bertz CT molecular complexity index is 1010. The fraction of sp³-hybridized carbons (Fsp3) is 0.318. The summed E-state index contributed by atoms with van der Waals surface area (Å²) in [6.07, 6.45) is 2.83. The number of carbonyl (C=O) groups excluding carboxylic acids is 1. The lowest BCUT2D eigenvalue weighted by molar-refractivity contribution is -0.118. The summed E-state index contributed by atoms with van der Waals surface area (Å²) in [5, 5.41) is 6.91. The molecule has 1 saturated heterocycles. The maximum absolute atomic E-state index is 13.5. The summed E-state index contributed by atoms with van der Waals surface area (Å²) in [6.45, 7) is 0.979. The molecule has 1 N–H and O–H groups in total. The van der Waals surface area contributed by atoms with Crippen molar-refractivity contribution in [3.63, 3.8) is 0 Å². The zero-order chi connectivity index (χ0) is 20.9. The molecule has 1 atom stereocenters. The maximum atomic E-state index is 13.5. The lowest BCUT2D eigenvalue weighted by Crippen LogP contribution is -2.39. The summed E-state index contributed by atoms with van der Waals surface area (Å²) >= 11 is 0. The van der Waals surface area contributed by atoms with Crippen LogP contribution in [0.3, 0.4) is 0 Å². The molecule has 7 nitrogen and oxygen atoms in total. The van der Waals surface area contributed by atoms with E-state index < -0.39 is 0 Å². The van der Waals surface area contributed by atoms with Crippen molar-refractivity contribution in [2.45, 2.75) is 25.3 Å². The number of nitrogens with zero attached hydrogens (tertiary/aromatic N) is 3. The second-order valence-electron chi connectivity index (χ2n) is 7.23. The van der Waals surface area contributed by atoms with E-state index in [1.165, 1.54) is 12.1 Å². The van der Waals surface area contributed by atoms with Crippen LogP contribution in [0, 0.1) is 5.82 Å². The second-order valence-corrected chi connectivity index (χ2v) is 7.23. The molecule has 0 unspecified atom stereocenters. The van der Waals surface area contributed by atoms with Gasteiger partial charge in [-0.25, -0.2) is 4.39 Å². The Kier molecular flexibility index (Phi) is 6.04. The number of hydrogen-bond donors (Lipinski definition) is 1. The minimum Gasteiger partial charge on any atom is -0.497 e. The first-order valence-corrected chi connectivity index (χ1v) is 9.90. The van der Waals surface area contributed by atoms with Crippen LogP contribution in [-0.2, 0) is 4.79 Å². The number of amides is 1. The summed E-state index contributed by atoms with van der Waals surface area (Å²) in [5.74, 6) is 1.06. The molecule has 2 aromatic carbocycles. The van der Waals surface area contributed by atoms with Crippen LogP contribution in [0.2, 0.25) is 0 Å². The molecule has 0 bridgehead atoms. The molecular weight excluding hydrogens is 387 g/mol. The van der Waals surface area contributed by atoms with Gasteiger partial charge < -0.3 is 14.6 Å². The van der Waals surface area contributed by atoms with Gasteiger partial charge in [-0.2, -0.15) is 4.98 Å². The molecule has 1 aliphatic heterocycles. The molecule has 1 fully saturated rings. The number of halogens is 1. The zero-order valence-electron chi connectivity index (χ0n) is 16.7. The molecule has 156 valence electrons. The number of likely N-dealkylation sites (tertiary alicyclic amines) is 1. The van der Waals surface area contributed by atoms with E-state index in [-0.39, 0.29) is 24.3 Å². The van der Waals surface area contributed by atoms with Crippen molar-refractivity contribution in [2.75, 3.05) is 25.5 Å². The van der Waals surface area contributed by atoms with E-state index in [0.29, 0.717) is 23.0 Å². The smallest absolute Gasteiger partial charge is 0.244 e. The van der Waals surface area contributed by atoms with Gasteiger partial charge in [0.25, 0.3) is 0 Å². The highest BCUT2D eigenvalue weighted by Gasteiger charge is 2.30. The van der Waals surface area contributed by atoms with Gasteiger partial charge in [0.15, 0.2) is 0 Å². The largest absolute Gasteiger partial charge is 0.497 e. The Morgan fingerprint density at radius 2 is 2.10 bits per heavy atom. The van der Waals surface area contributed by atoms with Crippen LogP contribution >= 0.6 is 0 Å². The number of nitrogens with one attached hydrogen (secondary N) is 1. The Hall–Kier alpha value is -3.26. The molecule has 30 heavy (non-hydrogen) atoms. The van der Waals surface area contributed by atoms with Crippen LogP contribution in [0.25, 0.3) is 11.4 Å². The van der Waals surface area contributed by atoms with Gasteiger partial charge in [0, 0.05) is 11.3 Å². The Labute approximate surface area is 173 Å². The normalized spacial score (nSPS) is 16.9. The van der Waals surface area contributed by atoms with Crippen molar-refractivity contribution < 1.29 is 18.4 Å². The number of anilines is 1. The van der Waals surface area contributed by atoms with E-state index >= 15 is 0 Å². The summed E-state index contributed by atoms with van der Waals surface area (Å²) in [5.41, 5.74) is 1.27. The van der Waals surface area contributed by atoms with Gasteiger partial charge in [-0.3, -0.25) is 9.69 Å². The minimum absolute atomic E-state index is 0.114. The molecular formula is C22H23FN4O3. The van der Waals surface area contributed by atoms with E-state index in [9.17, 15) is 9.18 Å². The van der Waals surface area contributed by atoms with Crippen molar-refractivity contribution in [1.29, 1.82) is 0 Å². The van der Waals surface area contributed by atoms with E-state index in [1.807, 2.05) is 4.90 Å². The average Bonchev–Trinajstić information content (AvgIpc) is 3.25. The summed E-state index contributed by atoms with van der Waals surface area (Å²) in [6, 6.07) is 13.1. The summed E-state index contributed by atoms with van der Waals surface area (Å²) in [4.78, 5) is 19.1. The van der Waals surface area contributed by atoms with E-state index in [1.54, 1.807) is 43.5 Å². The van der Waals surface area contributed by atoms with Crippen LogP contribution in [0.1, 0.15) is 31.2 Å². The van der Waals surface area contributed by atoms with Gasteiger partial charge >= 0.3 is 0 Å². The van der Waals surface area contributed by atoms with Gasteiger partial charge in [-0.05, 0) is 55.8 Å². The van der Waals surface area contributed by atoms with E-state index in [2.05, 4.69) is 15.5 Å². The standard InChI is InChI=1S/C22H23FN4O3/c1-29-18-10-8-17(9-11-18)24-20(28)14-27-12-3-2-7-19(27)22-25-21(26-30-22)15-5-4-6-16(23)13-15/h4-6,8-11,13,19H,2-3,7,12,14H2,1H3,(H,24,28)/t19-/m0/s1. The third-order valence-electron chi connectivity index (χ3n) is 5.14. The van der Waals surface area contributed by atoms with Crippen LogP contribution in [-0.4, -0.2) is 41.1 Å². The summed E-state index contributed by atoms with van der Waals surface area (Å²) in [7, 11) is 1.60. The molecule has 0 saturated carbocycles. The Morgan fingerprint density at radius 1 is 1.27 bits per heavy atom. The monoisotopic (exact) mass is 410 g/mol. The third kappa shape index (κ3) is 4.65. The predicted octanol–water partition coefficient (Wildman–Crippen LogP) is 4.05. The quantitative estimate of drug-likeness (QED) is 0.660. The number of benzene rings is 2. The van der Waals surface area contributed by atoms with Gasteiger partial charge in [0.2, 0.25) is 17.6 Å². The molecule has 0 spiro atoms. The molecule has 3 aromatic rings. The van der Waals surface area contributed by atoms with Gasteiger partial charge in [0.1, 0.15) is 11.6 Å². The van der Waals surface area contributed by atoms with Crippen molar-refractivity contribution in [1.82, 2.24) is 15.0 Å². The predicted molar refractivity (Wildman–Crippen MR) is 109 cm³/mol. The molecule has 1 aromatic heterocycles. The van der Waals surface area contributed by atoms with E-state index in [4.69, 9.17) is 9.26 Å². The molecule has 2 heterocycles. The number of methoxy groups -OCH3 is 1. The zero-order valence-corrected chi connectivity index (χ0v) is 16.7. The average molecular weight is 410 g/mol. The third-order valence-corrected chi connectivity index (χ3v) is 5.14. The highest BCUT2D eigenvalue weighted by atomic mass is 19.1. The van der Waals surface area contributed by atoms with Crippen LogP contribution in [0.4, 0.5) is 10.1 Å². The minimum atomic E-state index is -0.353. The fourth-order valence-electron chi connectivity index (χ4n) is 3.63. The molecule has 4 rings (SSSR count). The molecule has 0 radical (unpaired) electrons. The Morgan fingerprint density at radius 3 is 2.87 bits per heavy atom. The number of ether oxygens (including phenoxy) is 1. The van der Waals surface area contributed by atoms with E-state index in [0.717, 1.165) is 31.6 Å². The van der Waals surface area contributed by atoms with Crippen molar-refractivity contribution >= 4 is 11.6 Å². The van der Waals surface area contributed by atoms with Crippen LogP contribution in [0.15, 0.2) is 53.1 Å². The fourth-order valence-corrected chi connectivity index (χ4v) is 3.63. The SMILES string of the molecule is COc1ccc(NC(=O)CN2CCCC[C@H]2c2nc(-c3cccc(F)c3)no2)cc1. The number of rotatable bonds is 6. The van der Waals surface area contributed by atoms with Gasteiger partial charge in [0.05, 0.1) is 19.7 Å². The number of hydrogen-bond acceptors (Lipinski definition) is 6. The maximum Gasteiger partial charge on any atom is 0.244 e. The molecule has 1 aliphatic rings. The highest BCUT2D eigenvalue weighted by molar-refractivity contribution is 5.92. The second kappa shape index (κ2) is 9.04. The van der Waals surface area contributed by atoms with Gasteiger partial charge in [-0.15, -0.1) is 0 Å². The topological polar surface area (TPSA) is 80.5 Å². The molecule has 8 heteroatoms. The van der Waals surface area contributed by atoms with Crippen molar-refractivity contribution in [2.24, 2.45) is 0 Å². The number of aromatic nitrogens is 2. The van der Waals surface area contributed by atoms with Crippen LogP contribution < -0.4 is 10.1 Å². The number of piperidine rings is 1. The van der Waals surface area contributed by atoms with Crippen molar-refractivity contribution in [3.8, 4) is 17.1 Å². The van der Waals surface area contributed by atoms with Crippen molar-refractivity contribution in [3.05, 3.63) is 60.2 Å². The Balaban J connectivity index is 1.44. The first-order valence-electron chi connectivity index (χ1n) is 9.90. The van der Waals surface area contributed by atoms with Gasteiger partial charge in [-0.1, -0.05) is 23.7 Å².